The van der Waals surface area contributed by atoms with Crippen molar-refractivity contribution in [1.29, 1.82) is 0 Å². The maximum absolute atomic E-state index is 13.9. The van der Waals surface area contributed by atoms with Crippen LogP contribution in [0.1, 0.15) is 28.9 Å². The Balaban J connectivity index is 2.15. The lowest BCUT2D eigenvalue weighted by atomic mass is 9.97. The van der Waals surface area contributed by atoms with Crippen LogP contribution in [0.2, 0.25) is 0 Å². The molecule has 18 heavy (non-hydrogen) atoms. The fourth-order valence-electron chi connectivity index (χ4n) is 2.43. The average Bonchev–Trinajstić information content (AvgIpc) is 2.74. The Bertz CT molecular complexity index is 633. The van der Waals surface area contributed by atoms with Crippen molar-refractivity contribution in [3.63, 3.8) is 0 Å². The number of halogens is 2. The van der Waals surface area contributed by atoms with Crippen LogP contribution in [-0.2, 0) is 6.42 Å². The van der Waals surface area contributed by atoms with Gasteiger partial charge in [0.05, 0.1) is 5.69 Å². The monoisotopic (exact) mass is 307 g/mol. The Labute approximate surface area is 113 Å². The van der Waals surface area contributed by atoms with Gasteiger partial charge in [-0.05, 0) is 37.1 Å². The number of nitrogens with zero attached hydrogens (tertiary/aromatic N) is 1. The molecule has 0 amide bonds. The first-order valence-corrected chi connectivity index (χ1v) is 6.65. The van der Waals surface area contributed by atoms with Gasteiger partial charge in [0.15, 0.2) is 5.78 Å². The molecular formula is C14H11BrFNO. The lowest BCUT2D eigenvalue weighted by Gasteiger charge is -2.15. The molecule has 1 aromatic heterocycles. The predicted octanol–water partition coefficient (Wildman–Crippen LogP) is 3.90. The molecule has 1 aliphatic carbocycles. The standard InChI is InChI=1S/C14H11BrFNO/c15-9-4-5-13(11(16)8-9)17-7-6-10-12(17)2-1-3-14(10)18/h4-8H,1-3H2. The molecular weight excluding hydrogens is 297 g/mol. The highest BCUT2D eigenvalue weighted by Crippen LogP contribution is 2.27. The molecule has 92 valence electrons. The highest BCUT2D eigenvalue weighted by Gasteiger charge is 2.21. The second-order valence-corrected chi connectivity index (χ2v) is 5.33. The molecule has 1 heterocycles. The van der Waals surface area contributed by atoms with Gasteiger partial charge in [0.2, 0.25) is 0 Å². The number of carbonyl (C=O) groups excluding carboxylic acids is 1. The predicted molar refractivity (Wildman–Crippen MR) is 70.7 cm³/mol. The van der Waals surface area contributed by atoms with E-state index in [1.807, 2.05) is 0 Å². The van der Waals surface area contributed by atoms with Crippen molar-refractivity contribution in [3.05, 3.63) is 52.0 Å². The van der Waals surface area contributed by atoms with E-state index in [4.69, 9.17) is 0 Å². The van der Waals surface area contributed by atoms with Gasteiger partial charge in [-0.25, -0.2) is 4.39 Å². The van der Waals surface area contributed by atoms with E-state index in [9.17, 15) is 9.18 Å². The Hall–Kier alpha value is -1.42. The molecule has 3 rings (SSSR count). The number of rotatable bonds is 1. The zero-order chi connectivity index (χ0) is 12.7. The summed E-state index contributed by atoms with van der Waals surface area (Å²) in [5.74, 6) is -0.131. The number of hydrogen-bond donors (Lipinski definition) is 0. The largest absolute Gasteiger partial charge is 0.318 e. The molecule has 1 aliphatic rings. The van der Waals surface area contributed by atoms with E-state index in [1.54, 1.807) is 29.0 Å². The summed E-state index contributed by atoms with van der Waals surface area (Å²) in [6.07, 6.45) is 4.04. The van der Waals surface area contributed by atoms with E-state index in [0.717, 1.165) is 24.1 Å². The lowest BCUT2D eigenvalue weighted by Crippen LogP contribution is -2.12. The molecule has 2 aromatic rings. The van der Waals surface area contributed by atoms with E-state index in [-0.39, 0.29) is 11.6 Å². The Morgan fingerprint density at radius 2 is 2.06 bits per heavy atom. The van der Waals surface area contributed by atoms with Crippen LogP contribution in [0.3, 0.4) is 0 Å². The SMILES string of the molecule is O=C1CCCc2c1ccn2-c1ccc(Br)cc1F. The molecule has 0 bridgehead atoms. The summed E-state index contributed by atoms with van der Waals surface area (Å²) < 4.78 is 16.4. The highest BCUT2D eigenvalue weighted by atomic mass is 79.9. The van der Waals surface area contributed by atoms with Crippen LogP contribution >= 0.6 is 15.9 Å². The van der Waals surface area contributed by atoms with Crippen molar-refractivity contribution in [2.24, 2.45) is 0 Å². The Kier molecular flexibility index (Phi) is 2.82. The Morgan fingerprint density at radius 1 is 1.22 bits per heavy atom. The number of aromatic nitrogens is 1. The molecule has 4 heteroatoms. The van der Waals surface area contributed by atoms with Gasteiger partial charge in [0.25, 0.3) is 0 Å². The van der Waals surface area contributed by atoms with Gasteiger partial charge >= 0.3 is 0 Å². The summed E-state index contributed by atoms with van der Waals surface area (Å²) in [6.45, 7) is 0. The second kappa shape index (κ2) is 4.35. The summed E-state index contributed by atoms with van der Waals surface area (Å²) >= 11 is 3.24. The van der Waals surface area contributed by atoms with Gasteiger partial charge in [-0.1, -0.05) is 15.9 Å². The summed E-state index contributed by atoms with van der Waals surface area (Å²) in [6, 6.07) is 6.75. The van der Waals surface area contributed by atoms with Crippen molar-refractivity contribution >= 4 is 21.7 Å². The maximum atomic E-state index is 13.9. The Morgan fingerprint density at radius 3 is 2.83 bits per heavy atom. The fourth-order valence-corrected chi connectivity index (χ4v) is 2.76. The topological polar surface area (TPSA) is 22.0 Å². The van der Waals surface area contributed by atoms with Crippen LogP contribution in [-0.4, -0.2) is 10.4 Å². The maximum Gasteiger partial charge on any atom is 0.164 e. The normalized spacial score (nSPS) is 14.7. The summed E-state index contributed by atoms with van der Waals surface area (Å²) in [4.78, 5) is 11.8. The van der Waals surface area contributed by atoms with Crippen molar-refractivity contribution in [2.45, 2.75) is 19.3 Å². The van der Waals surface area contributed by atoms with Crippen LogP contribution in [0, 0.1) is 5.82 Å². The fraction of sp³-hybridized carbons (Fsp3) is 0.214. The van der Waals surface area contributed by atoms with Crippen molar-refractivity contribution in [1.82, 2.24) is 4.57 Å². The number of Topliss-reactive ketones (excluding diaryl/α,β-unsaturated/α-hetero) is 1. The third-order valence-corrected chi connectivity index (χ3v) is 3.77. The molecule has 0 unspecified atom stereocenters. The van der Waals surface area contributed by atoms with E-state index < -0.39 is 0 Å². The third kappa shape index (κ3) is 1.81. The van der Waals surface area contributed by atoms with Crippen molar-refractivity contribution < 1.29 is 9.18 Å². The first-order valence-electron chi connectivity index (χ1n) is 5.85. The smallest absolute Gasteiger partial charge is 0.164 e. The molecule has 0 fully saturated rings. The first-order chi connectivity index (χ1) is 8.66. The number of benzene rings is 1. The van der Waals surface area contributed by atoms with E-state index in [0.29, 0.717) is 16.6 Å². The zero-order valence-electron chi connectivity index (χ0n) is 9.62. The van der Waals surface area contributed by atoms with Gasteiger partial charge in [0, 0.05) is 28.3 Å². The lowest BCUT2D eigenvalue weighted by molar-refractivity contribution is 0.0972. The van der Waals surface area contributed by atoms with Gasteiger partial charge in [-0.2, -0.15) is 0 Å². The number of ketones is 1. The summed E-state index contributed by atoms with van der Waals surface area (Å²) in [5, 5.41) is 0. The molecule has 1 aromatic carbocycles. The molecule has 0 saturated heterocycles. The molecule has 0 spiro atoms. The van der Waals surface area contributed by atoms with Gasteiger partial charge in [-0.3, -0.25) is 4.79 Å². The molecule has 0 atom stereocenters. The highest BCUT2D eigenvalue weighted by molar-refractivity contribution is 9.10. The van der Waals surface area contributed by atoms with Crippen LogP contribution < -0.4 is 0 Å². The first kappa shape index (κ1) is 11.7. The van der Waals surface area contributed by atoms with Crippen molar-refractivity contribution in [2.75, 3.05) is 0 Å². The minimum Gasteiger partial charge on any atom is -0.318 e. The van der Waals surface area contributed by atoms with E-state index in [1.165, 1.54) is 6.07 Å². The van der Waals surface area contributed by atoms with Crippen LogP contribution in [0.5, 0.6) is 0 Å². The molecule has 0 N–H and O–H groups in total. The van der Waals surface area contributed by atoms with Gasteiger partial charge in [0.1, 0.15) is 5.82 Å². The molecule has 0 aliphatic heterocycles. The third-order valence-electron chi connectivity index (χ3n) is 3.28. The summed E-state index contributed by atoms with van der Waals surface area (Å²) in [5.41, 5.74) is 2.16. The number of hydrogen-bond acceptors (Lipinski definition) is 1. The molecule has 0 saturated carbocycles. The zero-order valence-corrected chi connectivity index (χ0v) is 11.2. The van der Waals surface area contributed by atoms with Crippen molar-refractivity contribution in [3.8, 4) is 5.69 Å². The second-order valence-electron chi connectivity index (χ2n) is 4.42. The van der Waals surface area contributed by atoms with Gasteiger partial charge in [-0.15, -0.1) is 0 Å². The minimum absolute atomic E-state index is 0.160. The average molecular weight is 308 g/mol. The van der Waals surface area contributed by atoms with E-state index >= 15 is 0 Å². The van der Waals surface area contributed by atoms with Gasteiger partial charge < -0.3 is 4.57 Å². The van der Waals surface area contributed by atoms with Crippen LogP contribution in [0.4, 0.5) is 4.39 Å². The van der Waals surface area contributed by atoms with Crippen LogP contribution in [0.25, 0.3) is 5.69 Å². The quantitative estimate of drug-likeness (QED) is 0.783. The number of carbonyl (C=O) groups is 1. The van der Waals surface area contributed by atoms with Crippen LogP contribution in [0.15, 0.2) is 34.9 Å². The molecule has 0 radical (unpaired) electrons. The molecule has 2 nitrogen and oxygen atoms in total. The van der Waals surface area contributed by atoms with E-state index in [2.05, 4.69) is 15.9 Å². The number of fused-ring (bicyclic) bond motifs is 1. The minimum atomic E-state index is -0.291. The summed E-state index contributed by atoms with van der Waals surface area (Å²) in [7, 11) is 0.